The fourth-order valence-corrected chi connectivity index (χ4v) is 3.41. The summed E-state index contributed by atoms with van der Waals surface area (Å²) in [6, 6.07) is 3.22. The number of thioether (sulfide) groups is 1. The van der Waals surface area contributed by atoms with Gasteiger partial charge in [0.25, 0.3) is 12.3 Å². The second-order valence-electron chi connectivity index (χ2n) is 5.33. The van der Waals surface area contributed by atoms with Crippen LogP contribution >= 0.6 is 11.8 Å². The standard InChI is InChI=1S/C15H20F2N2O2S/c1-19(11-3-4-12(8-11)22-2)15(20)10-5-6-18-14(7-10)21-9-13(16)17/h5-7,11-13H,3-4,8-9H2,1-2H3/t11-,12+/m1/s1. The molecule has 0 saturated heterocycles. The van der Waals surface area contributed by atoms with Crippen LogP contribution in [0.2, 0.25) is 0 Å². The number of hydrogen-bond donors (Lipinski definition) is 0. The fraction of sp³-hybridized carbons (Fsp3) is 0.600. The summed E-state index contributed by atoms with van der Waals surface area (Å²) >= 11 is 1.83. The molecule has 1 aromatic rings. The molecule has 1 aliphatic carbocycles. The third-order valence-electron chi connectivity index (χ3n) is 3.90. The number of amides is 1. The first kappa shape index (κ1) is 17.0. The second-order valence-corrected chi connectivity index (χ2v) is 6.46. The van der Waals surface area contributed by atoms with Crippen LogP contribution in [0.25, 0.3) is 0 Å². The van der Waals surface area contributed by atoms with E-state index in [-0.39, 0.29) is 17.8 Å². The maximum atomic E-state index is 12.5. The summed E-state index contributed by atoms with van der Waals surface area (Å²) in [5.41, 5.74) is 0.411. The van der Waals surface area contributed by atoms with E-state index >= 15 is 0 Å². The summed E-state index contributed by atoms with van der Waals surface area (Å²) in [4.78, 5) is 18.1. The van der Waals surface area contributed by atoms with Gasteiger partial charge in [0, 0.05) is 36.2 Å². The lowest BCUT2D eigenvalue weighted by atomic mass is 10.1. The molecular formula is C15H20F2N2O2S. The van der Waals surface area contributed by atoms with Gasteiger partial charge in [0.05, 0.1) is 0 Å². The first-order valence-electron chi connectivity index (χ1n) is 7.18. The van der Waals surface area contributed by atoms with E-state index in [2.05, 4.69) is 11.2 Å². The van der Waals surface area contributed by atoms with Crippen molar-refractivity contribution in [1.29, 1.82) is 0 Å². The van der Waals surface area contributed by atoms with Crippen LogP contribution < -0.4 is 4.74 Å². The van der Waals surface area contributed by atoms with Crippen molar-refractivity contribution < 1.29 is 18.3 Å². The highest BCUT2D eigenvalue weighted by molar-refractivity contribution is 7.99. The van der Waals surface area contributed by atoms with Crippen LogP contribution in [-0.4, -0.2) is 53.4 Å². The van der Waals surface area contributed by atoms with Crippen LogP contribution in [0.1, 0.15) is 29.6 Å². The van der Waals surface area contributed by atoms with Crippen molar-refractivity contribution in [2.45, 2.75) is 37.0 Å². The number of aromatic nitrogens is 1. The van der Waals surface area contributed by atoms with E-state index in [1.165, 1.54) is 12.3 Å². The van der Waals surface area contributed by atoms with Gasteiger partial charge in [-0.1, -0.05) is 0 Å². The molecule has 1 aliphatic rings. The largest absolute Gasteiger partial charge is 0.472 e. The van der Waals surface area contributed by atoms with E-state index in [0.717, 1.165) is 19.3 Å². The van der Waals surface area contributed by atoms with Crippen molar-refractivity contribution in [2.75, 3.05) is 19.9 Å². The molecule has 1 heterocycles. The Morgan fingerprint density at radius 3 is 2.95 bits per heavy atom. The molecule has 0 aliphatic heterocycles. The zero-order valence-corrected chi connectivity index (χ0v) is 13.5. The Balaban J connectivity index is 2.01. The fourth-order valence-electron chi connectivity index (χ4n) is 2.62. The van der Waals surface area contributed by atoms with Crippen LogP contribution in [0.4, 0.5) is 8.78 Å². The minimum absolute atomic E-state index is 0.0490. The molecule has 0 spiro atoms. The summed E-state index contributed by atoms with van der Waals surface area (Å²) in [5.74, 6) is -0.0796. The topological polar surface area (TPSA) is 42.4 Å². The summed E-state index contributed by atoms with van der Waals surface area (Å²) in [7, 11) is 1.79. The van der Waals surface area contributed by atoms with Crippen molar-refractivity contribution >= 4 is 17.7 Å². The number of alkyl halides is 2. The molecule has 0 bridgehead atoms. The number of rotatable bonds is 6. The van der Waals surface area contributed by atoms with E-state index in [9.17, 15) is 13.6 Å². The van der Waals surface area contributed by atoms with Gasteiger partial charge >= 0.3 is 0 Å². The van der Waals surface area contributed by atoms with Gasteiger partial charge in [-0.2, -0.15) is 11.8 Å². The molecule has 0 aromatic carbocycles. The van der Waals surface area contributed by atoms with Crippen LogP contribution in [0.3, 0.4) is 0 Å². The highest BCUT2D eigenvalue weighted by atomic mass is 32.2. The van der Waals surface area contributed by atoms with Gasteiger partial charge in [0.1, 0.15) is 0 Å². The zero-order valence-electron chi connectivity index (χ0n) is 12.7. The van der Waals surface area contributed by atoms with E-state index in [4.69, 9.17) is 4.74 Å². The van der Waals surface area contributed by atoms with Gasteiger partial charge in [-0.25, -0.2) is 13.8 Å². The van der Waals surface area contributed by atoms with Crippen molar-refractivity contribution in [1.82, 2.24) is 9.88 Å². The predicted molar refractivity (Wildman–Crippen MR) is 82.8 cm³/mol. The molecule has 0 radical (unpaired) electrons. The van der Waals surface area contributed by atoms with Gasteiger partial charge in [-0.05, 0) is 31.6 Å². The van der Waals surface area contributed by atoms with E-state index < -0.39 is 13.0 Å². The molecule has 2 atom stereocenters. The molecular weight excluding hydrogens is 310 g/mol. The Kier molecular flexibility index (Phi) is 5.99. The van der Waals surface area contributed by atoms with E-state index in [1.54, 1.807) is 18.0 Å². The maximum absolute atomic E-state index is 12.5. The van der Waals surface area contributed by atoms with E-state index in [1.807, 2.05) is 11.8 Å². The van der Waals surface area contributed by atoms with Crippen molar-refractivity contribution in [3.8, 4) is 5.88 Å². The third kappa shape index (κ3) is 4.32. The first-order valence-corrected chi connectivity index (χ1v) is 8.47. The highest BCUT2D eigenvalue weighted by Crippen LogP contribution is 2.31. The minimum Gasteiger partial charge on any atom is -0.472 e. The first-order chi connectivity index (χ1) is 10.5. The molecule has 1 saturated carbocycles. The van der Waals surface area contributed by atoms with Crippen LogP contribution in [0, 0.1) is 0 Å². The number of carbonyl (C=O) groups excluding carboxylic acids is 1. The Labute approximate surface area is 133 Å². The quantitative estimate of drug-likeness (QED) is 0.804. The minimum atomic E-state index is -2.56. The van der Waals surface area contributed by atoms with Gasteiger partial charge in [-0.3, -0.25) is 4.79 Å². The smallest absolute Gasteiger partial charge is 0.272 e. The number of pyridine rings is 1. The van der Waals surface area contributed by atoms with Crippen LogP contribution in [0.5, 0.6) is 5.88 Å². The molecule has 1 fully saturated rings. The lowest BCUT2D eigenvalue weighted by Crippen LogP contribution is -2.35. The SMILES string of the molecule is CS[C@H]1CC[C@@H](N(C)C(=O)c2ccnc(OCC(F)F)c2)C1. The Bertz CT molecular complexity index is 516. The zero-order chi connectivity index (χ0) is 16.1. The van der Waals surface area contributed by atoms with Crippen molar-refractivity contribution in [2.24, 2.45) is 0 Å². The number of ether oxygens (including phenoxy) is 1. The molecule has 2 rings (SSSR count). The number of nitrogens with zero attached hydrogens (tertiary/aromatic N) is 2. The Morgan fingerprint density at radius 1 is 1.55 bits per heavy atom. The molecule has 7 heteroatoms. The highest BCUT2D eigenvalue weighted by Gasteiger charge is 2.29. The van der Waals surface area contributed by atoms with Gasteiger partial charge in [0.15, 0.2) is 6.61 Å². The molecule has 122 valence electrons. The number of hydrogen-bond acceptors (Lipinski definition) is 4. The monoisotopic (exact) mass is 330 g/mol. The van der Waals surface area contributed by atoms with Gasteiger partial charge in [-0.15, -0.1) is 0 Å². The number of halogens is 2. The van der Waals surface area contributed by atoms with Gasteiger partial charge in [0.2, 0.25) is 5.88 Å². The molecule has 4 nitrogen and oxygen atoms in total. The summed E-state index contributed by atoms with van der Waals surface area (Å²) in [6.07, 6.45) is 4.02. The number of carbonyl (C=O) groups is 1. The van der Waals surface area contributed by atoms with Crippen molar-refractivity contribution in [3.05, 3.63) is 23.9 Å². The van der Waals surface area contributed by atoms with Gasteiger partial charge < -0.3 is 9.64 Å². The molecule has 0 N–H and O–H groups in total. The molecule has 1 aromatic heterocycles. The summed E-state index contributed by atoms with van der Waals surface area (Å²) in [6.45, 7) is -0.724. The molecule has 0 unspecified atom stereocenters. The maximum Gasteiger partial charge on any atom is 0.272 e. The summed E-state index contributed by atoms with van der Waals surface area (Å²) in [5, 5.41) is 0.600. The lowest BCUT2D eigenvalue weighted by molar-refractivity contribution is 0.0731. The van der Waals surface area contributed by atoms with E-state index in [0.29, 0.717) is 10.8 Å². The van der Waals surface area contributed by atoms with Crippen LogP contribution in [0.15, 0.2) is 18.3 Å². The Morgan fingerprint density at radius 2 is 2.32 bits per heavy atom. The second kappa shape index (κ2) is 7.76. The Hall–Kier alpha value is -1.37. The predicted octanol–water partition coefficient (Wildman–Crippen LogP) is 3.08. The normalized spacial score (nSPS) is 21.1. The summed E-state index contributed by atoms with van der Waals surface area (Å²) < 4.78 is 29.2. The molecule has 22 heavy (non-hydrogen) atoms. The lowest BCUT2D eigenvalue weighted by Gasteiger charge is -2.24. The average molecular weight is 330 g/mol. The van der Waals surface area contributed by atoms with Crippen LogP contribution in [-0.2, 0) is 0 Å². The average Bonchev–Trinajstić information content (AvgIpc) is 3.00. The molecule has 1 amide bonds. The third-order valence-corrected chi connectivity index (χ3v) is 4.99. The van der Waals surface area contributed by atoms with Crippen molar-refractivity contribution in [3.63, 3.8) is 0 Å².